The van der Waals surface area contributed by atoms with Crippen LogP contribution in [0.25, 0.3) is 0 Å². The number of nitrogens with two attached hydrogens (primary N) is 1. The van der Waals surface area contributed by atoms with E-state index in [0.29, 0.717) is 5.92 Å². The first-order chi connectivity index (χ1) is 10.2. The van der Waals surface area contributed by atoms with Gasteiger partial charge in [0.05, 0.1) is 6.20 Å². The third kappa shape index (κ3) is 3.35. The third-order valence-corrected chi connectivity index (χ3v) is 4.82. The van der Waals surface area contributed by atoms with Gasteiger partial charge in [-0.2, -0.15) is 5.10 Å². The zero-order valence-corrected chi connectivity index (χ0v) is 12.8. The number of nitrogens with zero attached hydrogens (tertiary/aromatic N) is 2. The minimum Gasteiger partial charge on any atom is -0.325 e. The molecule has 0 atom stereocenters. The van der Waals surface area contributed by atoms with Gasteiger partial charge in [0.2, 0.25) is 0 Å². The highest BCUT2D eigenvalue weighted by Crippen LogP contribution is 2.38. The van der Waals surface area contributed by atoms with Crippen molar-refractivity contribution in [3.8, 4) is 0 Å². The smallest absolute Gasteiger partial charge is 0.0522 e. The topological polar surface area (TPSA) is 43.8 Å². The van der Waals surface area contributed by atoms with Crippen LogP contribution >= 0.6 is 0 Å². The summed E-state index contributed by atoms with van der Waals surface area (Å²) in [6, 6.07) is 10.9. The van der Waals surface area contributed by atoms with Crippen molar-refractivity contribution in [2.75, 3.05) is 0 Å². The largest absolute Gasteiger partial charge is 0.325 e. The van der Waals surface area contributed by atoms with Crippen LogP contribution in [0.5, 0.6) is 0 Å². The highest BCUT2D eigenvalue weighted by atomic mass is 15.3. The molecule has 3 rings (SSSR count). The predicted molar refractivity (Wildman–Crippen MR) is 86.2 cm³/mol. The molecular formula is C18H25N3. The fourth-order valence-corrected chi connectivity index (χ4v) is 3.51. The van der Waals surface area contributed by atoms with Gasteiger partial charge in [-0.05, 0) is 56.1 Å². The van der Waals surface area contributed by atoms with Gasteiger partial charge in [0.25, 0.3) is 0 Å². The van der Waals surface area contributed by atoms with E-state index in [0.717, 1.165) is 25.8 Å². The third-order valence-electron chi connectivity index (χ3n) is 4.82. The van der Waals surface area contributed by atoms with Crippen LogP contribution in [0, 0.1) is 0 Å². The molecule has 2 N–H and O–H groups in total. The molecule has 1 saturated carbocycles. The van der Waals surface area contributed by atoms with Gasteiger partial charge in [-0.1, -0.05) is 30.3 Å². The summed E-state index contributed by atoms with van der Waals surface area (Å²) in [7, 11) is 0. The van der Waals surface area contributed by atoms with Gasteiger partial charge < -0.3 is 5.73 Å². The molecule has 0 saturated heterocycles. The molecule has 112 valence electrons. The van der Waals surface area contributed by atoms with E-state index < -0.39 is 0 Å². The lowest BCUT2D eigenvalue weighted by Crippen LogP contribution is -2.44. The Hall–Kier alpha value is -1.61. The number of aromatic nitrogens is 2. The van der Waals surface area contributed by atoms with E-state index in [2.05, 4.69) is 48.6 Å². The second-order valence-electron chi connectivity index (χ2n) is 6.43. The van der Waals surface area contributed by atoms with Crippen molar-refractivity contribution in [3.63, 3.8) is 0 Å². The molecule has 0 radical (unpaired) electrons. The first-order valence-corrected chi connectivity index (χ1v) is 8.04. The molecule has 1 aromatic carbocycles. The molecule has 0 unspecified atom stereocenters. The van der Waals surface area contributed by atoms with Crippen molar-refractivity contribution >= 4 is 0 Å². The summed E-state index contributed by atoms with van der Waals surface area (Å²) >= 11 is 0. The molecular weight excluding hydrogens is 258 g/mol. The lowest BCUT2D eigenvalue weighted by atomic mass is 9.72. The van der Waals surface area contributed by atoms with Crippen molar-refractivity contribution < 1.29 is 0 Å². The first-order valence-electron chi connectivity index (χ1n) is 8.04. The average Bonchev–Trinajstić information content (AvgIpc) is 2.96. The van der Waals surface area contributed by atoms with Gasteiger partial charge in [-0.15, -0.1) is 0 Å². The van der Waals surface area contributed by atoms with Crippen LogP contribution in [-0.4, -0.2) is 15.3 Å². The highest BCUT2D eigenvalue weighted by Gasteiger charge is 2.32. The lowest BCUT2D eigenvalue weighted by molar-refractivity contribution is 0.271. The van der Waals surface area contributed by atoms with Crippen LogP contribution in [0.15, 0.2) is 42.7 Å². The SMILES string of the molecule is CCn1cc(CC2(N)CCC(c3ccccc3)CC2)cn1. The number of benzene rings is 1. The summed E-state index contributed by atoms with van der Waals surface area (Å²) < 4.78 is 1.98. The van der Waals surface area contributed by atoms with Crippen molar-refractivity contribution in [1.29, 1.82) is 0 Å². The summed E-state index contributed by atoms with van der Waals surface area (Å²) in [5.74, 6) is 0.682. The molecule has 1 heterocycles. The van der Waals surface area contributed by atoms with Crippen molar-refractivity contribution in [2.45, 2.75) is 57.0 Å². The Bertz CT molecular complexity index is 565. The molecule has 1 aliphatic rings. The monoisotopic (exact) mass is 283 g/mol. The van der Waals surface area contributed by atoms with Crippen molar-refractivity contribution in [1.82, 2.24) is 9.78 Å². The van der Waals surface area contributed by atoms with Crippen molar-refractivity contribution in [2.24, 2.45) is 5.73 Å². The molecule has 3 nitrogen and oxygen atoms in total. The van der Waals surface area contributed by atoms with Crippen LogP contribution in [0.1, 0.15) is 49.7 Å². The van der Waals surface area contributed by atoms with E-state index in [4.69, 9.17) is 5.73 Å². The Kier molecular flexibility index (Phi) is 4.11. The van der Waals surface area contributed by atoms with E-state index in [-0.39, 0.29) is 5.54 Å². The molecule has 0 aliphatic heterocycles. The molecule has 2 aromatic rings. The zero-order chi connectivity index (χ0) is 14.7. The van der Waals surface area contributed by atoms with Gasteiger partial charge in [0.1, 0.15) is 0 Å². The van der Waals surface area contributed by atoms with Crippen molar-refractivity contribution in [3.05, 3.63) is 53.9 Å². The summed E-state index contributed by atoms with van der Waals surface area (Å²) in [5.41, 5.74) is 9.34. The summed E-state index contributed by atoms with van der Waals surface area (Å²) in [4.78, 5) is 0. The summed E-state index contributed by atoms with van der Waals surface area (Å²) in [5, 5.41) is 4.35. The maximum atomic E-state index is 6.65. The minimum absolute atomic E-state index is 0.0487. The van der Waals surface area contributed by atoms with Gasteiger partial charge in [0.15, 0.2) is 0 Å². The van der Waals surface area contributed by atoms with Gasteiger partial charge in [0, 0.05) is 18.3 Å². The molecule has 21 heavy (non-hydrogen) atoms. The second-order valence-corrected chi connectivity index (χ2v) is 6.43. The van der Waals surface area contributed by atoms with Crippen LogP contribution in [-0.2, 0) is 13.0 Å². The second kappa shape index (κ2) is 6.02. The van der Waals surface area contributed by atoms with E-state index in [9.17, 15) is 0 Å². The Labute approximate surface area is 127 Å². The fourth-order valence-electron chi connectivity index (χ4n) is 3.51. The fraction of sp³-hybridized carbons (Fsp3) is 0.500. The van der Waals surface area contributed by atoms with Gasteiger partial charge in [-0.25, -0.2) is 0 Å². The van der Waals surface area contributed by atoms with Gasteiger partial charge >= 0.3 is 0 Å². The maximum absolute atomic E-state index is 6.65. The van der Waals surface area contributed by atoms with E-state index in [1.54, 1.807) is 0 Å². The summed E-state index contributed by atoms with van der Waals surface area (Å²) in [6.45, 7) is 3.04. The Morgan fingerprint density at radius 1 is 1.24 bits per heavy atom. The molecule has 1 aliphatic carbocycles. The quantitative estimate of drug-likeness (QED) is 0.933. The number of aryl methyl sites for hydroxylation is 1. The number of hydrogen-bond donors (Lipinski definition) is 1. The molecule has 0 bridgehead atoms. The first kappa shape index (κ1) is 14.3. The average molecular weight is 283 g/mol. The highest BCUT2D eigenvalue weighted by molar-refractivity contribution is 5.21. The van der Waals surface area contributed by atoms with Crippen LogP contribution in [0.4, 0.5) is 0 Å². The molecule has 3 heteroatoms. The Morgan fingerprint density at radius 2 is 1.95 bits per heavy atom. The zero-order valence-electron chi connectivity index (χ0n) is 12.8. The Balaban J connectivity index is 1.61. The lowest BCUT2D eigenvalue weighted by Gasteiger charge is -2.37. The Morgan fingerprint density at radius 3 is 2.57 bits per heavy atom. The standard InChI is InChI=1S/C18H25N3/c1-2-21-14-15(13-20-21)12-18(19)10-8-17(9-11-18)16-6-4-3-5-7-16/h3-7,13-14,17H,2,8-12,19H2,1H3. The van der Waals surface area contributed by atoms with E-state index in [1.807, 2.05) is 10.9 Å². The normalized spacial score (nSPS) is 25.9. The number of rotatable bonds is 4. The number of hydrogen-bond acceptors (Lipinski definition) is 2. The van der Waals surface area contributed by atoms with Gasteiger partial charge in [-0.3, -0.25) is 4.68 Å². The van der Waals surface area contributed by atoms with Crippen LogP contribution in [0.2, 0.25) is 0 Å². The van der Waals surface area contributed by atoms with E-state index in [1.165, 1.54) is 24.0 Å². The molecule has 0 amide bonds. The molecule has 1 fully saturated rings. The van der Waals surface area contributed by atoms with Crippen LogP contribution < -0.4 is 5.73 Å². The molecule has 0 spiro atoms. The predicted octanol–water partition coefficient (Wildman–Crippen LogP) is 3.50. The van der Waals surface area contributed by atoms with E-state index >= 15 is 0 Å². The maximum Gasteiger partial charge on any atom is 0.0522 e. The minimum atomic E-state index is -0.0487. The molecule has 1 aromatic heterocycles. The van der Waals surface area contributed by atoms with Crippen LogP contribution in [0.3, 0.4) is 0 Å². The summed E-state index contributed by atoms with van der Waals surface area (Å²) in [6.07, 6.45) is 9.66.